The molecule has 8 atom stereocenters. The average Bonchev–Trinajstić information content (AvgIpc) is 1.58. The molecular formula is C114H107Cl4F8N5O16S3+2. The Labute approximate surface area is 888 Å². The van der Waals surface area contributed by atoms with Crippen LogP contribution in [0.2, 0.25) is 20.1 Å². The lowest BCUT2D eigenvalue weighted by molar-refractivity contribution is -0.458. The number of aryl methyl sites for hydroxylation is 3. The quantitative estimate of drug-likeness (QED) is 0.00798. The first-order valence-electron chi connectivity index (χ1n) is 49.5. The van der Waals surface area contributed by atoms with Gasteiger partial charge in [-0.25, -0.2) is 35.3 Å². The topological polar surface area (TPSA) is 294 Å². The van der Waals surface area contributed by atoms with Crippen molar-refractivity contribution in [1.29, 1.82) is 0 Å². The fourth-order valence-electron chi connectivity index (χ4n) is 23.3. The molecule has 8 aliphatic rings. The number of carbonyl (C=O) groups excluding carboxylic acids is 2. The molecule has 10 aromatic carbocycles. The van der Waals surface area contributed by atoms with E-state index in [-0.39, 0.29) is 118 Å². The lowest BCUT2D eigenvalue weighted by Crippen LogP contribution is -2.22. The van der Waals surface area contributed by atoms with Crippen LogP contribution in [0.5, 0.6) is 0 Å². The Morgan fingerprint density at radius 3 is 1.46 bits per heavy atom. The number of benzene rings is 10. The predicted octanol–water partition coefficient (Wildman–Crippen LogP) is 28.9. The van der Waals surface area contributed by atoms with Crippen LogP contribution in [0.3, 0.4) is 0 Å². The molecule has 5 N–H and O–H groups in total. The molecule has 4 aliphatic heterocycles. The number of carboxylic acid groups (broad SMARTS) is 5. The van der Waals surface area contributed by atoms with Crippen molar-refractivity contribution in [2.75, 3.05) is 13.4 Å². The third-order valence-electron chi connectivity index (χ3n) is 29.5. The van der Waals surface area contributed by atoms with E-state index in [1.165, 1.54) is 74.3 Å². The summed E-state index contributed by atoms with van der Waals surface area (Å²) in [4.78, 5) is 90.3. The third-order valence-corrected chi connectivity index (χ3v) is 33.4. The highest BCUT2D eigenvalue weighted by molar-refractivity contribution is 7.99. The number of hydrogen-bond donors (Lipinski definition) is 5. The van der Waals surface area contributed by atoms with Crippen LogP contribution >= 0.6 is 70.2 Å². The summed E-state index contributed by atoms with van der Waals surface area (Å²) in [5.74, 6) is -7.42. The number of ketones is 2. The Balaban J connectivity index is 0.000000128. The van der Waals surface area contributed by atoms with E-state index in [2.05, 4.69) is 27.9 Å². The highest BCUT2D eigenvalue weighted by Crippen LogP contribution is 2.57. The van der Waals surface area contributed by atoms with Gasteiger partial charge in [0, 0.05) is 134 Å². The van der Waals surface area contributed by atoms with Crippen LogP contribution in [-0.4, -0.2) is 123 Å². The zero-order valence-corrected chi connectivity index (χ0v) is 87.8. The van der Waals surface area contributed by atoms with Crippen LogP contribution in [0.4, 0.5) is 46.5 Å². The number of aliphatic carboxylic acids is 5. The average molecular weight is 2190 g/mol. The van der Waals surface area contributed by atoms with E-state index in [1.807, 2.05) is 76.7 Å². The van der Waals surface area contributed by atoms with Gasteiger partial charge in [-0.1, -0.05) is 108 Å². The summed E-state index contributed by atoms with van der Waals surface area (Å²) >= 11 is 26.5. The van der Waals surface area contributed by atoms with Crippen molar-refractivity contribution in [3.05, 3.63) is 315 Å². The molecule has 0 amide bonds. The number of Topliss-reactive ketones (excluding diaryl/α,β-unsaturated/α-hetero) is 1. The van der Waals surface area contributed by atoms with E-state index >= 15 is 0 Å². The van der Waals surface area contributed by atoms with Crippen molar-refractivity contribution in [2.24, 2.45) is 11.8 Å². The van der Waals surface area contributed by atoms with Crippen LogP contribution < -0.4 is 0 Å². The third kappa shape index (κ3) is 23.5. The van der Waals surface area contributed by atoms with Gasteiger partial charge in [0.05, 0.1) is 124 Å². The van der Waals surface area contributed by atoms with Gasteiger partial charge in [-0.2, -0.15) is 26.7 Å². The summed E-state index contributed by atoms with van der Waals surface area (Å²) < 4.78 is 152. The van der Waals surface area contributed by atoms with E-state index in [9.17, 15) is 103 Å². The number of nitrogens with zero attached hydrogens (tertiary/aromatic N) is 5. The van der Waals surface area contributed by atoms with Crippen molar-refractivity contribution in [3.8, 4) is 0 Å². The first kappa shape index (κ1) is 109. The molecule has 3 saturated carbocycles. The summed E-state index contributed by atoms with van der Waals surface area (Å²) in [6, 6.07) is 47.7. The molecule has 150 heavy (non-hydrogen) atoms. The molecule has 0 saturated heterocycles. The maximum atomic E-state index is 14.6. The maximum absolute atomic E-state index is 14.6. The highest BCUT2D eigenvalue weighted by atomic mass is 35.5. The van der Waals surface area contributed by atoms with E-state index in [1.54, 1.807) is 64.9 Å². The van der Waals surface area contributed by atoms with Gasteiger partial charge >= 0.3 is 36.0 Å². The minimum absolute atomic E-state index is 0.0114. The minimum Gasteiger partial charge on any atom is -0.481 e. The van der Waals surface area contributed by atoms with Gasteiger partial charge in [0.2, 0.25) is 11.4 Å². The molecule has 36 heteroatoms. The number of rotatable bonds is 27. The lowest BCUT2D eigenvalue weighted by Gasteiger charge is -2.28. The number of alkyl halides is 3. The first-order chi connectivity index (χ1) is 71.4. The number of hydrogen-bond acceptors (Lipinski definition) is 13. The van der Waals surface area contributed by atoms with Gasteiger partial charge in [0.25, 0.3) is 0 Å². The molecular weight excluding hydrogens is 2090 g/mol. The summed E-state index contributed by atoms with van der Waals surface area (Å²) in [5, 5.41) is 51.4. The lowest BCUT2D eigenvalue weighted by atomic mass is 9.84. The standard InChI is InChI=1S/C24H23F4NO4S.C23H23ClFNO2S.C23H21ClFNO2.C22H19ClFNO5S.C22H19ClFNO3/c1-13(14-6-8-16(9-7-14)24(26,27)28)29-22-15(10-21(30)31)4-3-5-18(22)19-11-17(25)12-20(23(19)29)34-33-32-2;1-13(2)18-11-16(25)12-19-21(18)23(29-17-7-5-15(24)6-8-17)22-14(10-20(27)28)4-3-9-26(19)22;24-16-6-1-13(2-7-16)12-26-22-15(9-21(27)28)5-8-18(22)20-11-17(25)10-19(23(20)26)14-3-4-14;1-31(29,30)17-11-15(24)10-16-19(17)20(22(28)12-4-6-14(23)7-5-12)21-13(9-18(26)27)3-2-8-25(16)21;1-12(26)18-9-16(24)10-19-17-7-4-14(8-20(27)28)21(17)25(22(18)19)11-13-2-5-15(23)6-3-13/h6-9,11-13,15H,3-5,10H2,1-2H3,(H,30,31);5-8,11-14H,3-4,9-10H2,1-2H3,(H,27,28);1-2,6-7,10-11,14-15,18H,3-5,8-9,12H2;4-7,10-11,13H,2-3,8-9H2,1H3,(H,26,27);2-3,5-6,9-10,14,17H,4,7-8,11H2,1H3/p+2/t13-,15+;14-;15-,18?;13-;14-,17?/m01111/s1. The van der Waals surface area contributed by atoms with Crippen LogP contribution in [0.25, 0.3) is 32.7 Å². The molecule has 3 fully saturated rings. The smallest absolute Gasteiger partial charge is 0.416 e. The normalized spacial score (nSPS) is 18.5. The largest absolute Gasteiger partial charge is 0.481 e. The van der Waals surface area contributed by atoms with Gasteiger partial charge in [-0.15, -0.1) is 0 Å². The van der Waals surface area contributed by atoms with Crippen molar-refractivity contribution in [1.82, 2.24) is 13.7 Å². The number of aromatic nitrogens is 3. The molecule has 13 aromatic rings. The number of carboxylic acids is 5. The Hall–Kier alpha value is -12.0. The van der Waals surface area contributed by atoms with Gasteiger partial charge < -0.3 is 39.2 Å². The zero-order valence-electron chi connectivity index (χ0n) is 82.4. The maximum Gasteiger partial charge on any atom is 0.416 e. The fourth-order valence-corrected chi connectivity index (χ4v) is 26.5. The second-order valence-corrected chi connectivity index (χ2v) is 45.3. The summed E-state index contributed by atoms with van der Waals surface area (Å²) in [5.41, 5.74) is 15.5. The second kappa shape index (κ2) is 45.5. The molecule has 21 nitrogen and oxygen atoms in total. The van der Waals surface area contributed by atoms with Crippen LogP contribution in [0.15, 0.2) is 202 Å². The summed E-state index contributed by atoms with van der Waals surface area (Å²) in [6.07, 6.45) is 6.85. The second-order valence-electron chi connectivity index (χ2n) is 39.8. The van der Waals surface area contributed by atoms with Crippen molar-refractivity contribution in [3.63, 3.8) is 0 Å². The first-order valence-corrected chi connectivity index (χ1v) is 54.5. The highest BCUT2D eigenvalue weighted by Gasteiger charge is 2.53. The summed E-state index contributed by atoms with van der Waals surface area (Å²) in [7, 11) is -2.56. The van der Waals surface area contributed by atoms with E-state index in [0.29, 0.717) is 104 Å². The van der Waals surface area contributed by atoms with Crippen LogP contribution in [0.1, 0.15) is 278 Å². The molecule has 0 spiro atoms. The zero-order chi connectivity index (χ0) is 107. The van der Waals surface area contributed by atoms with Crippen molar-refractivity contribution < 1.29 is 121 Å². The van der Waals surface area contributed by atoms with Gasteiger partial charge in [0.1, 0.15) is 29.1 Å². The van der Waals surface area contributed by atoms with Gasteiger partial charge in [-0.05, 0) is 271 Å². The number of carbonyl (C=O) groups is 7. The van der Waals surface area contributed by atoms with E-state index in [4.69, 9.17) is 50.7 Å². The Morgan fingerprint density at radius 2 is 0.953 bits per heavy atom. The molecule has 0 bridgehead atoms. The number of fused-ring (bicyclic) bond motifs is 15. The Kier molecular flexibility index (Phi) is 33.1. The van der Waals surface area contributed by atoms with Gasteiger partial charge in [-0.3, -0.25) is 33.6 Å². The van der Waals surface area contributed by atoms with Crippen LogP contribution in [-0.2, 0) is 81.8 Å². The minimum atomic E-state index is -4.45. The Bertz CT molecular complexity index is 7710. The molecule has 7 heterocycles. The van der Waals surface area contributed by atoms with Crippen LogP contribution in [0, 0.1) is 40.9 Å². The SMILES string of the molecule is CC(=O)c1cc(F)cc2c1[N+](Cc1ccc(Cl)cc1)=C1C2CC[C@@H]1CC(=O)O.CC(C)c1cc(F)cc2c1c(Sc1ccc(Cl)cc1)c1n2CCC[C@@H]1CC(=O)O.COOSc1cc(F)cc2c3c(n([C@@H](C)c4ccc(C(F)(F)F)cc4)c12)[C@@H](CC(=O)O)CCC3.CS(=O)(=O)c1cc(F)cc2c1c(C(=O)c1ccc(Cl)cc1)c1n2CCC[C@@H]1CC(=O)O.O=C(O)C[C@H]1CCC2C1=[N+](Cc1ccc(Cl)cc1)c1c(C3CC3)cc(F)cc12. The van der Waals surface area contributed by atoms with Gasteiger partial charge in [0.15, 0.2) is 45.9 Å². The number of sulfone groups is 1. The molecule has 4 aliphatic carbocycles. The van der Waals surface area contributed by atoms with Crippen molar-refractivity contribution >= 4 is 177 Å². The molecule has 784 valence electrons. The fraction of sp³-hybridized carbons (Fsp3) is 0.342. The number of halogens is 12. The predicted molar refractivity (Wildman–Crippen MR) is 559 cm³/mol. The molecule has 21 rings (SSSR count). The monoisotopic (exact) mass is 2190 g/mol. The van der Waals surface area contributed by atoms with E-state index in [0.717, 1.165) is 189 Å². The molecule has 0 radical (unpaired) electrons. The van der Waals surface area contributed by atoms with Crippen molar-refractivity contribution in [2.45, 2.75) is 243 Å². The molecule has 2 unspecified atom stereocenters. The van der Waals surface area contributed by atoms with E-state index < -0.39 is 86.6 Å². The Morgan fingerprint density at radius 1 is 0.500 bits per heavy atom. The summed E-state index contributed by atoms with van der Waals surface area (Å²) in [6.45, 7) is 9.77. The molecule has 3 aromatic heterocycles.